The molecular weight excluding hydrogens is 166 g/mol. The summed E-state index contributed by atoms with van der Waals surface area (Å²) in [5, 5.41) is 3.39. The number of nitrogens with one attached hydrogen (secondary N) is 1. The van der Waals surface area contributed by atoms with Crippen LogP contribution in [-0.4, -0.2) is 12.8 Å². The fourth-order valence-corrected chi connectivity index (χ4v) is 2.11. The monoisotopic (exact) mass is 179 g/mol. The van der Waals surface area contributed by atoms with E-state index in [1.54, 1.807) is 0 Å². The number of fused-ring (bicyclic) bond motifs is 1. The maximum Gasteiger partial charge on any atom is 0.0376 e. The third kappa shape index (κ3) is 1.44. The minimum absolute atomic E-state index is 1.11. The van der Waals surface area contributed by atoms with Gasteiger partial charge in [0.2, 0.25) is 0 Å². The standard InChI is InChI=1S/C10H13NS/c1-12-7-8-2-3-9-4-5-11-10(9)6-8/h2-3,6,11H,4-5,7H2,1H3. The molecule has 0 amide bonds. The van der Waals surface area contributed by atoms with Gasteiger partial charge in [-0.05, 0) is 29.9 Å². The van der Waals surface area contributed by atoms with Crippen LogP contribution in [0.3, 0.4) is 0 Å². The Labute approximate surface area is 77.6 Å². The predicted molar refractivity (Wildman–Crippen MR) is 55.9 cm³/mol. The SMILES string of the molecule is CSCc1ccc2c(c1)NCC2. The Bertz CT molecular complexity index is 283. The van der Waals surface area contributed by atoms with Crippen molar-refractivity contribution in [2.24, 2.45) is 0 Å². The van der Waals surface area contributed by atoms with Crippen LogP contribution in [-0.2, 0) is 12.2 Å². The lowest BCUT2D eigenvalue weighted by Crippen LogP contribution is -1.91. The van der Waals surface area contributed by atoms with E-state index in [2.05, 4.69) is 29.8 Å². The molecule has 1 aromatic rings. The molecule has 2 rings (SSSR count). The van der Waals surface area contributed by atoms with E-state index in [0.717, 1.165) is 12.3 Å². The maximum absolute atomic E-state index is 3.39. The molecule has 0 aromatic heterocycles. The number of hydrogen-bond acceptors (Lipinski definition) is 2. The van der Waals surface area contributed by atoms with Gasteiger partial charge in [0.1, 0.15) is 0 Å². The molecule has 0 fully saturated rings. The second kappa shape index (κ2) is 3.40. The first-order chi connectivity index (χ1) is 5.90. The van der Waals surface area contributed by atoms with Gasteiger partial charge in [0.05, 0.1) is 0 Å². The van der Waals surface area contributed by atoms with Crippen LogP contribution in [0.15, 0.2) is 18.2 Å². The van der Waals surface area contributed by atoms with Crippen molar-refractivity contribution >= 4 is 17.4 Å². The van der Waals surface area contributed by atoms with Crippen LogP contribution in [0.5, 0.6) is 0 Å². The van der Waals surface area contributed by atoms with Gasteiger partial charge in [-0.2, -0.15) is 11.8 Å². The summed E-state index contributed by atoms with van der Waals surface area (Å²) in [6, 6.07) is 6.77. The molecule has 1 aliphatic rings. The normalized spacial score (nSPS) is 14.1. The molecule has 2 heteroatoms. The lowest BCUT2D eigenvalue weighted by atomic mass is 10.1. The Morgan fingerprint density at radius 2 is 2.42 bits per heavy atom. The third-order valence-electron chi connectivity index (χ3n) is 2.20. The zero-order chi connectivity index (χ0) is 8.39. The van der Waals surface area contributed by atoms with Gasteiger partial charge in [0.15, 0.2) is 0 Å². The van der Waals surface area contributed by atoms with E-state index in [9.17, 15) is 0 Å². The quantitative estimate of drug-likeness (QED) is 0.748. The fourth-order valence-electron chi connectivity index (χ4n) is 1.59. The molecule has 0 atom stereocenters. The molecule has 1 heterocycles. The second-order valence-electron chi connectivity index (χ2n) is 3.10. The average Bonchev–Trinajstić information content (AvgIpc) is 2.51. The van der Waals surface area contributed by atoms with Gasteiger partial charge in [0.25, 0.3) is 0 Å². The van der Waals surface area contributed by atoms with Crippen molar-refractivity contribution in [2.45, 2.75) is 12.2 Å². The number of benzene rings is 1. The number of anilines is 1. The van der Waals surface area contributed by atoms with Crippen LogP contribution in [0.25, 0.3) is 0 Å². The first-order valence-corrected chi connectivity index (χ1v) is 5.64. The van der Waals surface area contributed by atoms with Gasteiger partial charge in [-0.25, -0.2) is 0 Å². The number of rotatable bonds is 2. The molecular formula is C10H13NS. The van der Waals surface area contributed by atoms with E-state index >= 15 is 0 Å². The van der Waals surface area contributed by atoms with Crippen molar-refractivity contribution in [3.05, 3.63) is 29.3 Å². The number of hydrogen-bond donors (Lipinski definition) is 1. The summed E-state index contributed by atoms with van der Waals surface area (Å²) in [4.78, 5) is 0. The lowest BCUT2D eigenvalue weighted by molar-refractivity contribution is 1.11. The van der Waals surface area contributed by atoms with E-state index in [4.69, 9.17) is 0 Å². The van der Waals surface area contributed by atoms with Crippen molar-refractivity contribution < 1.29 is 0 Å². The zero-order valence-electron chi connectivity index (χ0n) is 7.26. The molecule has 0 bridgehead atoms. The summed E-state index contributed by atoms with van der Waals surface area (Å²) in [5.74, 6) is 1.12. The van der Waals surface area contributed by atoms with Crippen molar-refractivity contribution in [3.63, 3.8) is 0 Å². The summed E-state index contributed by atoms with van der Waals surface area (Å²) in [6.45, 7) is 1.11. The van der Waals surface area contributed by atoms with Crippen molar-refractivity contribution in [2.75, 3.05) is 18.1 Å². The third-order valence-corrected chi connectivity index (χ3v) is 2.82. The summed E-state index contributed by atoms with van der Waals surface area (Å²) in [5.41, 5.74) is 4.25. The van der Waals surface area contributed by atoms with Gasteiger partial charge in [-0.1, -0.05) is 12.1 Å². The molecule has 0 aliphatic carbocycles. The molecule has 0 spiro atoms. The first-order valence-electron chi connectivity index (χ1n) is 4.25. The maximum atomic E-state index is 3.39. The molecule has 1 aliphatic heterocycles. The molecule has 1 aromatic carbocycles. The molecule has 0 saturated carbocycles. The highest BCUT2D eigenvalue weighted by atomic mass is 32.2. The molecule has 12 heavy (non-hydrogen) atoms. The Morgan fingerprint density at radius 1 is 1.50 bits per heavy atom. The molecule has 0 saturated heterocycles. The minimum Gasteiger partial charge on any atom is -0.384 e. The largest absolute Gasteiger partial charge is 0.384 e. The van der Waals surface area contributed by atoms with Gasteiger partial charge >= 0.3 is 0 Å². The summed E-state index contributed by atoms with van der Waals surface area (Å²) in [6.07, 6.45) is 3.33. The van der Waals surface area contributed by atoms with Gasteiger partial charge < -0.3 is 5.32 Å². The summed E-state index contributed by atoms with van der Waals surface area (Å²) in [7, 11) is 0. The second-order valence-corrected chi connectivity index (χ2v) is 3.97. The van der Waals surface area contributed by atoms with Gasteiger partial charge in [0, 0.05) is 18.0 Å². The molecule has 64 valence electrons. The highest BCUT2D eigenvalue weighted by molar-refractivity contribution is 7.97. The van der Waals surface area contributed by atoms with Gasteiger partial charge in [-0.3, -0.25) is 0 Å². The van der Waals surface area contributed by atoms with E-state index in [-0.39, 0.29) is 0 Å². The van der Waals surface area contributed by atoms with Crippen LogP contribution in [0.1, 0.15) is 11.1 Å². The Morgan fingerprint density at radius 3 is 3.25 bits per heavy atom. The van der Waals surface area contributed by atoms with Crippen LogP contribution >= 0.6 is 11.8 Å². The Balaban J connectivity index is 2.26. The topological polar surface area (TPSA) is 12.0 Å². The highest BCUT2D eigenvalue weighted by Crippen LogP contribution is 2.24. The smallest absolute Gasteiger partial charge is 0.0376 e. The van der Waals surface area contributed by atoms with E-state index in [1.807, 2.05) is 11.8 Å². The van der Waals surface area contributed by atoms with Crippen molar-refractivity contribution in [1.82, 2.24) is 0 Å². The van der Waals surface area contributed by atoms with Crippen LogP contribution in [0.4, 0.5) is 5.69 Å². The molecule has 0 unspecified atom stereocenters. The first kappa shape index (κ1) is 7.99. The molecule has 0 radical (unpaired) electrons. The number of thioether (sulfide) groups is 1. The summed E-state index contributed by atoms with van der Waals surface area (Å²) < 4.78 is 0. The van der Waals surface area contributed by atoms with E-state index in [1.165, 1.54) is 23.2 Å². The van der Waals surface area contributed by atoms with Crippen molar-refractivity contribution in [1.29, 1.82) is 0 Å². The molecule has 1 nitrogen and oxygen atoms in total. The van der Waals surface area contributed by atoms with E-state index < -0.39 is 0 Å². The minimum atomic E-state index is 1.11. The Hall–Kier alpha value is -0.630. The fraction of sp³-hybridized carbons (Fsp3) is 0.400. The predicted octanol–water partition coefficient (Wildman–Crippen LogP) is 2.52. The van der Waals surface area contributed by atoms with Crippen molar-refractivity contribution in [3.8, 4) is 0 Å². The lowest BCUT2D eigenvalue weighted by Gasteiger charge is -2.02. The van der Waals surface area contributed by atoms with E-state index in [0.29, 0.717) is 0 Å². The summed E-state index contributed by atoms with van der Waals surface area (Å²) >= 11 is 1.87. The average molecular weight is 179 g/mol. The zero-order valence-corrected chi connectivity index (χ0v) is 8.08. The van der Waals surface area contributed by atoms with Crippen LogP contribution in [0.2, 0.25) is 0 Å². The molecule has 1 N–H and O–H groups in total. The van der Waals surface area contributed by atoms with Crippen LogP contribution in [0, 0.1) is 0 Å². The highest BCUT2D eigenvalue weighted by Gasteiger charge is 2.08. The van der Waals surface area contributed by atoms with Crippen LogP contribution < -0.4 is 5.32 Å². The Kier molecular flexibility index (Phi) is 2.26. The van der Waals surface area contributed by atoms with Gasteiger partial charge in [-0.15, -0.1) is 0 Å².